The van der Waals surface area contributed by atoms with Crippen molar-refractivity contribution in [3.63, 3.8) is 0 Å². The fourth-order valence-electron chi connectivity index (χ4n) is 10.8. The summed E-state index contributed by atoms with van der Waals surface area (Å²) in [5.74, 6) is 2.13. The van der Waals surface area contributed by atoms with E-state index in [2.05, 4.69) is 45.9 Å². The summed E-state index contributed by atoms with van der Waals surface area (Å²) >= 11 is 7.37. The molecule has 0 saturated heterocycles. The van der Waals surface area contributed by atoms with Crippen LogP contribution in [0.4, 0.5) is 11.4 Å². The van der Waals surface area contributed by atoms with Gasteiger partial charge in [-0.05, 0) is 86.3 Å². The number of ether oxygens (including phenoxy) is 4. The minimum absolute atomic E-state index is 0.162. The largest absolute Gasteiger partial charge is 0.454 e. The Morgan fingerprint density at radius 2 is 1.29 bits per heavy atom. The Morgan fingerprint density at radius 3 is 1.95 bits per heavy atom. The maximum absolute atomic E-state index is 11.8. The van der Waals surface area contributed by atoms with E-state index in [0.717, 1.165) is 129 Å². The lowest BCUT2D eigenvalue weighted by atomic mass is 9.67. The van der Waals surface area contributed by atoms with Crippen molar-refractivity contribution in [2.45, 2.75) is 107 Å². The molecular weight excluding hydrogens is 816 g/mol. The second-order valence-corrected chi connectivity index (χ2v) is 20.5. The maximum Gasteiger partial charge on any atom is 0.265 e. The number of nitrogens with zero attached hydrogens (tertiary/aromatic N) is 2. The molecule has 2 aromatic carbocycles. The lowest BCUT2D eigenvalue weighted by molar-refractivity contribution is -0.437. The first-order valence-corrected chi connectivity index (χ1v) is 24.6. The summed E-state index contributed by atoms with van der Waals surface area (Å²) in [5.41, 5.74) is 8.01. The molecule has 0 atom stereocenters. The Hall–Kier alpha value is -3.82. The molecule has 9 rings (SSSR count). The molecule has 0 radical (unpaired) electrons. The number of rotatable bonds is 11. The quantitative estimate of drug-likeness (QED) is 0.165. The monoisotopic (exact) mass is 867 g/mol. The molecule has 2 aromatic rings. The Labute approximate surface area is 351 Å². The van der Waals surface area contributed by atoms with Gasteiger partial charge in [-0.1, -0.05) is 62.3 Å². The maximum atomic E-state index is 11.8. The second kappa shape index (κ2) is 15.9. The Morgan fingerprint density at radius 1 is 0.695 bits per heavy atom. The van der Waals surface area contributed by atoms with E-state index in [-0.39, 0.29) is 48.8 Å². The van der Waals surface area contributed by atoms with Crippen molar-refractivity contribution >= 4 is 48.9 Å². The number of benzene rings is 2. The van der Waals surface area contributed by atoms with Gasteiger partial charge in [0.05, 0.1) is 23.0 Å². The third kappa shape index (κ3) is 7.73. The average molecular weight is 868 g/mol. The van der Waals surface area contributed by atoms with Crippen LogP contribution in [0.2, 0.25) is 0 Å². The highest BCUT2D eigenvalue weighted by molar-refractivity contribution is 7.86. The number of allylic oxidation sites excluding steroid dienone is 8. The summed E-state index contributed by atoms with van der Waals surface area (Å²) in [6.07, 6.45) is 22.1. The zero-order chi connectivity index (χ0) is 41.0. The number of halogens is 1. The molecule has 4 heterocycles. The third-order valence-corrected chi connectivity index (χ3v) is 15.6. The van der Waals surface area contributed by atoms with E-state index in [4.69, 9.17) is 30.5 Å². The first-order valence-electron chi connectivity index (χ1n) is 21.0. The van der Waals surface area contributed by atoms with Crippen LogP contribution >= 0.6 is 11.6 Å². The first-order chi connectivity index (χ1) is 28.4. The zero-order valence-electron chi connectivity index (χ0n) is 33.2. The molecule has 3 aliphatic carbocycles. The number of anilines is 1. The molecule has 0 unspecified atom stereocenters. The van der Waals surface area contributed by atoms with Crippen molar-refractivity contribution in [3.05, 3.63) is 81.6 Å². The van der Waals surface area contributed by atoms with Crippen LogP contribution in [0.15, 0.2) is 70.4 Å². The van der Waals surface area contributed by atoms with Crippen LogP contribution in [-0.2, 0) is 31.1 Å². The van der Waals surface area contributed by atoms with Gasteiger partial charge in [0.25, 0.3) is 20.2 Å². The van der Waals surface area contributed by atoms with Crippen molar-refractivity contribution in [2.75, 3.05) is 43.1 Å². The molecule has 4 aliphatic heterocycles. The zero-order valence-corrected chi connectivity index (χ0v) is 35.6. The standard InChI is InChI=1S/C44H51ClN2O10S2/c45-42-30(12-14-40-43(16-3-1-4-17-43)32-24-36-38(56-28-54-36)26-34(32)46(40)20-8-22-58(48,49)50)10-7-11-31(42)13-15-41-44(18-5-2-6-19-44)33-25-37-39(57-29-55-37)27-35(33)47(41)21-9-23-59(51,52)53/h12-15,24-27H,1-11,16-23,28-29H2,(H-,48,49,50,51,52,53)/p+1. The Bertz CT molecular complexity index is 2420. The molecule has 2 N–H and O–H groups in total. The first kappa shape index (κ1) is 40.6. The summed E-state index contributed by atoms with van der Waals surface area (Å²) in [5, 5.41) is 0.712. The van der Waals surface area contributed by atoms with E-state index >= 15 is 0 Å². The Balaban J connectivity index is 1.10. The predicted octanol–water partition coefficient (Wildman–Crippen LogP) is 8.77. The highest BCUT2D eigenvalue weighted by atomic mass is 35.5. The SMILES string of the molecule is O=S(=O)(O)CCCN1/C(=C\C=C2CCCC(/C=C/C3=[N+](CCCS(=O)(=O)O)c4cc5c(cc4C34CCCCC4)OCO5)=C2Cl)C2(CCCCC2)c2cc3c(cc21)OCO3. The molecule has 0 aromatic heterocycles. The van der Waals surface area contributed by atoms with Crippen LogP contribution in [0.25, 0.3) is 0 Å². The van der Waals surface area contributed by atoms with Gasteiger partial charge in [-0.15, -0.1) is 0 Å². The smallest absolute Gasteiger partial charge is 0.265 e. The normalized spacial score (nSPS) is 23.1. The van der Waals surface area contributed by atoms with Crippen LogP contribution in [0.5, 0.6) is 23.0 Å². The van der Waals surface area contributed by atoms with Gasteiger partial charge in [0, 0.05) is 52.5 Å². The highest BCUT2D eigenvalue weighted by Gasteiger charge is 2.53. The predicted molar refractivity (Wildman–Crippen MR) is 226 cm³/mol. The van der Waals surface area contributed by atoms with Gasteiger partial charge in [0.1, 0.15) is 6.54 Å². The van der Waals surface area contributed by atoms with E-state index in [0.29, 0.717) is 29.6 Å². The summed E-state index contributed by atoms with van der Waals surface area (Å²) in [7, 11) is -8.27. The number of fused-ring (bicyclic) bond motifs is 6. The fourth-order valence-corrected chi connectivity index (χ4v) is 12.2. The molecular formula is C44H52ClN2O10S2+. The molecule has 2 spiro atoms. The van der Waals surface area contributed by atoms with Crippen molar-refractivity contribution < 1.29 is 49.5 Å². The van der Waals surface area contributed by atoms with E-state index in [1.807, 2.05) is 12.1 Å². The van der Waals surface area contributed by atoms with Gasteiger partial charge in [-0.3, -0.25) is 9.11 Å². The molecule has 12 nitrogen and oxygen atoms in total. The van der Waals surface area contributed by atoms with E-state index < -0.39 is 20.2 Å². The summed E-state index contributed by atoms with van der Waals surface area (Å²) in [6.45, 7) is 1.14. The van der Waals surface area contributed by atoms with E-state index in [1.165, 1.54) is 11.1 Å². The van der Waals surface area contributed by atoms with Crippen molar-refractivity contribution in [3.8, 4) is 23.0 Å². The van der Waals surface area contributed by atoms with Gasteiger partial charge < -0.3 is 23.8 Å². The van der Waals surface area contributed by atoms with E-state index in [9.17, 15) is 25.9 Å². The molecule has 2 fully saturated rings. The van der Waals surface area contributed by atoms with Crippen LogP contribution in [0.3, 0.4) is 0 Å². The minimum Gasteiger partial charge on any atom is -0.454 e. The third-order valence-electron chi connectivity index (χ3n) is 13.5. The minimum atomic E-state index is -4.13. The lowest BCUT2D eigenvalue weighted by Gasteiger charge is -2.37. The summed E-state index contributed by atoms with van der Waals surface area (Å²) < 4.78 is 92.0. The van der Waals surface area contributed by atoms with Crippen LogP contribution < -0.4 is 23.8 Å². The van der Waals surface area contributed by atoms with E-state index in [1.54, 1.807) is 0 Å². The van der Waals surface area contributed by atoms with Crippen molar-refractivity contribution in [1.82, 2.24) is 0 Å². The van der Waals surface area contributed by atoms with Crippen LogP contribution in [-0.4, -0.2) is 74.4 Å². The van der Waals surface area contributed by atoms with Crippen molar-refractivity contribution in [2.24, 2.45) is 0 Å². The van der Waals surface area contributed by atoms with Crippen molar-refractivity contribution in [1.29, 1.82) is 0 Å². The van der Waals surface area contributed by atoms with Crippen LogP contribution in [0.1, 0.15) is 107 Å². The molecule has 0 amide bonds. The number of hydrogen-bond acceptors (Lipinski definition) is 9. The fraction of sp³-hybridized carbons (Fsp3) is 0.523. The average Bonchev–Trinajstić information content (AvgIpc) is 3.97. The van der Waals surface area contributed by atoms with Crippen LogP contribution in [0, 0.1) is 0 Å². The molecule has 7 aliphatic rings. The molecule has 316 valence electrons. The van der Waals surface area contributed by atoms with Gasteiger partial charge in [0.15, 0.2) is 28.7 Å². The number of hydrogen-bond donors (Lipinski definition) is 2. The van der Waals surface area contributed by atoms with Gasteiger partial charge >= 0.3 is 0 Å². The topological polar surface area (TPSA) is 152 Å². The molecule has 15 heteroatoms. The molecule has 0 bridgehead atoms. The highest BCUT2D eigenvalue weighted by Crippen LogP contribution is 2.58. The summed E-state index contributed by atoms with van der Waals surface area (Å²) in [6, 6.07) is 8.26. The van der Waals surface area contributed by atoms with Gasteiger partial charge in [-0.25, -0.2) is 0 Å². The van der Waals surface area contributed by atoms with Gasteiger partial charge in [-0.2, -0.15) is 21.4 Å². The second-order valence-electron chi connectivity index (χ2n) is 17.0. The van der Waals surface area contributed by atoms with Gasteiger partial charge in [0.2, 0.25) is 19.3 Å². The lowest BCUT2D eigenvalue weighted by Crippen LogP contribution is -2.36. The molecule has 2 saturated carbocycles. The molecule has 59 heavy (non-hydrogen) atoms. The summed E-state index contributed by atoms with van der Waals surface area (Å²) in [4.78, 5) is 2.21. The Kier molecular flexibility index (Phi) is 10.9.